The second-order valence-corrected chi connectivity index (χ2v) is 9.17. The second-order valence-electron chi connectivity index (χ2n) is 9.17. The monoisotopic (exact) mass is 498 g/mol. The van der Waals surface area contributed by atoms with Crippen LogP contribution in [0.5, 0.6) is 11.5 Å². The van der Waals surface area contributed by atoms with Crippen molar-refractivity contribution in [1.29, 1.82) is 5.26 Å². The Balaban J connectivity index is 1.58. The van der Waals surface area contributed by atoms with E-state index >= 15 is 0 Å². The molecule has 4 aromatic rings. The van der Waals surface area contributed by atoms with E-state index in [1.165, 1.54) is 18.8 Å². The van der Waals surface area contributed by atoms with E-state index in [2.05, 4.69) is 21.1 Å². The van der Waals surface area contributed by atoms with Crippen LogP contribution in [0, 0.1) is 23.7 Å². The molecule has 11 nitrogen and oxygen atoms in total. The Morgan fingerprint density at radius 2 is 1.76 bits per heavy atom. The van der Waals surface area contributed by atoms with Crippen LogP contribution >= 0.6 is 0 Å². The third kappa shape index (κ3) is 4.38. The van der Waals surface area contributed by atoms with Crippen molar-refractivity contribution in [3.63, 3.8) is 0 Å². The molecule has 3 heterocycles. The van der Waals surface area contributed by atoms with Gasteiger partial charge in [0.25, 0.3) is 5.56 Å². The Morgan fingerprint density at radius 1 is 1.08 bits per heavy atom. The zero-order chi connectivity index (χ0) is 26.3. The van der Waals surface area contributed by atoms with Gasteiger partial charge in [-0.25, -0.2) is 15.0 Å². The standard InChI is InChI=1S/C26H26N8O3/c1-15-19(10-30-34(15)14-26(13-27)5-6-26)20-11-29-24(28)23(31-20)21-12-33(2)25(35)22(32-21)16-7-17(36-3)9-18(8-16)37-4/h7-12H,5-6,14H2,1-4H3,(H2,28,29). The van der Waals surface area contributed by atoms with Crippen molar-refractivity contribution in [2.75, 3.05) is 20.0 Å². The quantitative estimate of drug-likeness (QED) is 0.406. The van der Waals surface area contributed by atoms with Crippen LogP contribution in [0.4, 0.5) is 5.82 Å². The van der Waals surface area contributed by atoms with E-state index in [-0.39, 0.29) is 22.5 Å². The van der Waals surface area contributed by atoms with Gasteiger partial charge in [-0.05, 0) is 31.9 Å². The molecule has 0 aliphatic heterocycles. The molecular formula is C26H26N8O3. The summed E-state index contributed by atoms with van der Waals surface area (Å²) in [4.78, 5) is 26.8. The van der Waals surface area contributed by atoms with Crippen LogP contribution in [0.25, 0.3) is 33.9 Å². The van der Waals surface area contributed by atoms with Gasteiger partial charge in [-0.2, -0.15) is 10.4 Å². The first kappa shape index (κ1) is 24.0. The number of anilines is 1. The maximum Gasteiger partial charge on any atom is 0.276 e. The number of nitrogens with zero attached hydrogens (tertiary/aromatic N) is 7. The molecule has 0 bridgehead atoms. The highest BCUT2D eigenvalue weighted by molar-refractivity contribution is 5.73. The largest absolute Gasteiger partial charge is 0.497 e. The van der Waals surface area contributed by atoms with Gasteiger partial charge in [0.15, 0.2) is 5.82 Å². The van der Waals surface area contributed by atoms with Gasteiger partial charge in [0.1, 0.15) is 28.6 Å². The minimum Gasteiger partial charge on any atom is -0.497 e. The third-order valence-electron chi connectivity index (χ3n) is 6.66. The number of hydrogen-bond donors (Lipinski definition) is 1. The van der Waals surface area contributed by atoms with Crippen molar-refractivity contribution in [3.8, 4) is 51.5 Å². The highest BCUT2D eigenvalue weighted by Gasteiger charge is 2.44. The number of ether oxygens (including phenoxy) is 2. The molecule has 0 amide bonds. The molecule has 1 saturated carbocycles. The molecule has 0 saturated heterocycles. The number of nitrogen functional groups attached to an aromatic ring is 1. The summed E-state index contributed by atoms with van der Waals surface area (Å²) >= 11 is 0. The summed E-state index contributed by atoms with van der Waals surface area (Å²) in [6.07, 6.45) is 6.64. The normalized spacial score (nSPS) is 13.7. The first-order valence-corrected chi connectivity index (χ1v) is 11.7. The summed E-state index contributed by atoms with van der Waals surface area (Å²) in [5.41, 5.74) is 9.27. The van der Waals surface area contributed by atoms with Gasteiger partial charge in [0.2, 0.25) is 0 Å². The van der Waals surface area contributed by atoms with E-state index in [9.17, 15) is 10.1 Å². The molecule has 0 radical (unpaired) electrons. The van der Waals surface area contributed by atoms with E-state index < -0.39 is 0 Å². The van der Waals surface area contributed by atoms with E-state index in [1.807, 2.05) is 11.6 Å². The summed E-state index contributed by atoms with van der Waals surface area (Å²) in [5.74, 6) is 1.24. The average molecular weight is 499 g/mol. The number of aromatic nitrogens is 6. The van der Waals surface area contributed by atoms with Crippen LogP contribution in [0.1, 0.15) is 18.5 Å². The van der Waals surface area contributed by atoms with Crippen LogP contribution in [-0.4, -0.2) is 43.5 Å². The lowest BCUT2D eigenvalue weighted by Crippen LogP contribution is -2.20. The predicted octanol–water partition coefficient (Wildman–Crippen LogP) is 2.98. The Morgan fingerprint density at radius 3 is 2.38 bits per heavy atom. The van der Waals surface area contributed by atoms with Crippen molar-refractivity contribution >= 4 is 5.82 Å². The molecule has 1 aliphatic rings. The molecule has 188 valence electrons. The lowest BCUT2D eigenvalue weighted by molar-refractivity contribution is 0.394. The van der Waals surface area contributed by atoms with Gasteiger partial charge in [-0.15, -0.1) is 0 Å². The number of benzene rings is 1. The number of aryl methyl sites for hydroxylation is 1. The van der Waals surface area contributed by atoms with Gasteiger partial charge in [0, 0.05) is 36.1 Å². The first-order chi connectivity index (χ1) is 17.8. The van der Waals surface area contributed by atoms with Crippen LogP contribution in [0.15, 0.2) is 41.6 Å². The van der Waals surface area contributed by atoms with E-state index in [1.54, 1.807) is 43.8 Å². The Labute approximate surface area is 213 Å². The zero-order valence-corrected chi connectivity index (χ0v) is 21.0. The van der Waals surface area contributed by atoms with E-state index in [4.69, 9.17) is 20.2 Å². The third-order valence-corrected chi connectivity index (χ3v) is 6.66. The van der Waals surface area contributed by atoms with E-state index in [0.29, 0.717) is 40.7 Å². The average Bonchev–Trinajstić information content (AvgIpc) is 3.60. The fourth-order valence-electron chi connectivity index (χ4n) is 4.17. The smallest absolute Gasteiger partial charge is 0.276 e. The molecule has 2 N–H and O–H groups in total. The van der Waals surface area contributed by atoms with Gasteiger partial charge < -0.3 is 19.8 Å². The summed E-state index contributed by atoms with van der Waals surface area (Å²) in [5, 5.41) is 13.9. The molecule has 1 aliphatic carbocycles. The van der Waals surface area contributed by atoms with Crippen molar-refractivity contribution in [2.45, 2.75) is 26.3 Å². The van der Waals surface area contributed by atoms with Crippen LogP contribution in [-0.2, 0) is 13.6 Å². The molecule has 11 heteroatoms. The topological polar surface area (TPSA) is 147 Å². The first-order valence-electron chi connectivity index (χ1n) is 11.7. The van der Waals surface area contributed by atoms with Crippen molar-refractivity contribution in [3.05, 3.63) is 52.8 Å². The minimum atomic E-state index is -0.329. The number of nitrogens with two attached hydrogens (primary N) is 1. The number of methoxy groups -OCH3 is 2. The summed E-state index contributed by atoms with van der Waals surface area (Å²) in [7, 11) is 4.72. The molecule has 1 fully saturated rings. The van der Waals surface area contributed by atoms with Gasteiger partial charge in [-0.1, -0.05) is 0 Å². The van der Waals surface area contributed by atoms with Gasteiger partial charge in [-0.3, -0.25) is 9.48 Å². The maximum atomic E-state index is 13.0. The SMILES string of the molecule is COc1cc(OC)cc(-c2nc(-c3nc(-c4cnn(CC5(C#N)CC5)c4C)cnc3N)cn(C)c2=O)c1. The van der Waals surface area contributed by atoms with Crippen molar-refractivity contribution < 1.29 is 9.47 Å². The molecule has 1 aromatic carbocycles. The summed E-state index contributed by atoms with van der Waals surface area (Å²) < 4.78 is 14.0. The Kier molecular flexibility index (Phi) is 5.87. The molecule has 0 atom stereocenters. The van der Waals surface area contributed by atoms with Crippen LogP contribution in [0.2, 0.25) is 0 Å². The number of rotatable bonds is 7. The Bertz CT molecular complexity index is 1590. The zero-order valence-electron chi connectivity index (χ0n) is 21.0. The van der Waals surface area contributed by atoms with Crippen LogP contribution < -0.4 is 20.8 Å². The Hall–Kier alpha value is -4.72. The minimum absolute atomic E-state index is 0.176. The molecule has 3 aromatic heterocycles. The lowest BCUT2D eigenvalue weighted by atomic mass is 10.1. The fourth-order valence-corrected chi connectivity index (χ4v) is 4.17. The maximum absolute atomic E-state index is 13.0. The highest BCUT2D eigenvalue weighted by Crippen LogP contribution is 2.46. The molecule has 37 heavy (non-hydrogen) atoms. The van der Waals surface area contributed by atoms with E-state index in [0.717, 1.165) is 24.1 Å². The fraction of sp³-hybridized carbons (Fsp3) is 0.308. The van der Waals surface area contributed by atoms with Crippen LogP contribution in [0.3, 0.4) is 0 Å². The molecule has 0 unspecified atom stereocenters. The van der Waals surface area contributed by atoms with Crippen molar-refractivity contribution in [2.24, 2.45) is 12.5 Å². The highest BCUT2D eigenvalue weighted by atomic mass is 16.5. The number of hydrogen-bond acceptors (Lipinski definition) is 9. The predicted molar refractivity (Wildman–Crippen MR) is 137 cm³/mol. The number of nitriles is 1. The van der Waals surface area contributed by atoms with Gasteiger partial charge in [0.05, 0.1) is 50.3 Å². The van der Waals surface area contributed by atoms with Gasteiger partial charge >= 0.3 is 0 Å². The summed E-state index contributed by atoms with van der Waals surface area (Å²) in [6, 6.07) is 7.55. The second kappa shape index (κ2) is 9.05. The molecule has 0 spiro atoms. The molecular weight excluding hydrogens is 472 g/mol. The lowest BCUT2D eigenvalue weighted by Gasteiger charge is -2.12. The van der Waals surface area contributed by atoms with Crippen molar-refractivity contribution in [1.82, 2.24) is 29.3 Å². The summed E-state index contributed by atoms with van der Waals surface area (Å²) in [6.45, 7) is 2.48. The molecule has 5 rings (SSSR count).